The van der Waals surface area contributed by atoms with Crippen LogP contribution < -0.4 is 0 Å². The molecule has 0 nitrogen and oxygen atoms in total. The van der Waals surface area contributed by atoms with E-state index in [0.717, 1.165) is 0 Å². The first-order valence-electron chi connectivity index (χ1n) is 3.99. The first-order chi connectivity index (χ1) is 5.02. The highest BCUT2D eigenvalue weighted by Gasteiger charge is 1.80. The average molecular weight is 150 g/mol. The summed E-state index contributed by atoms with van der Waals surface area (Å²) in [6.45, 7) is 10.5. The third kappa shape index (κ3) is 7.11. The van der Waals surface area contributed by atoms with Gasteiger partial charge >= 0.3 is 0 Å². The molecule has 0 amide bonds. The van der Waals surface area contributed by atoms with Gasteiger partial charge in [0, 0.05) is 0 Å². The number of allylic oxidation sites excluding steroid dienone is 6. The quantitative estimate of drug-likeness (QED) is 0.524. The molecule has 11 heavy (non-hydrogen) atoms. The Bertz CT molecular complexity index is 194. The third-order valence-electron chi connectivity index (χ3n) is 1.20. The Morgan fingerprint density at radius 1 is 0.727 bits per heavy atom. The summed E-state index contributed by atoms with van der Waals surface area (Å²) >= 11 is 0. The fraction of sp³-hybridized carbons (Fsp3) is 0.455. The van der Waals surface area contributed by atoms with E-state index in [1.165, 1.54) is 16.7 Å². The molecule has 0 aromatic carbocycles. The predicted molar refractivity (Wildman–Crippen MR) is 52.6 cm³/mol. The standard InChI is InChI=1S/C11H18/c1-9(2)6-7-11(5)8-10(3)4/h6-8H,1-5H3. The van der Waals surface area contributed by atoms with Gasteiger partial charge in [0.15, 0.2) is 0 Å². The van der Waals surface area contributed by atoms with Gasteiger partial charge in [-0.2, -0.15) is 0 Å². The van der Waals surface area contributed by atoms with E-state index in [9.17, 15) is 0 Å². The summed E-state index contributed by atoms with van der Waals surface area (Å²) in [5, 5.41) is 0. The molecule has 0 spiro atoms. The average Bonchev–Trinajstić information content (AvgIpc) is 1.82. The molecule has 0 unspecified atom stereocenters. The second-order valence-corrected chi connectivity index (χ2v) is 3.38. The minimum absolute atomic E-state index is 1.31. The lowest BCUT2D eigenvalue weighted by Crippen LogP contribution is -1.70. The Labute approximate surface area is 70.3 Å². The van der Waals surface area contributed by atoms with E-state index in [-0.39, 0.29) is 0 Å². The Kier molecular flexibility index (Phi) is 4.60. The van der Waals surface area contributed by atoms with Gasteiger partial charge in [0.1, 0.15) is 0 Å². The van der Waals surface area contributed by atoms with Gasteiger partial charge in [0.2, 0.25) is 0 Å². The van der Waals surface area contributed by atoms with Crippen molar-refractivity contribution in [1.82, 2.24) is 0 Å². The fourth-order valence-electron chi connectivity index (χ4n) is 0.802. The van der Waals surface area contributed by atoms with Crippen LogP contribution in [0.15, 0.2) is 34.9 Å². The summed E-state index contributed by atoms with van der Waals surface area (Å²) in [7, 11) is 0. The highest BCUT2D eigenvalue weighted by molar-refractivity contribution is 5.25. The van der Waals surface area contributed by atoms with Crippen LogP contribution >= 0.6 is 0 Å². The lowest BCUT2D eigenvalue weighted by Gasteiger charge is -1.91. The minimum atomic E-state index is 1.31. The smallest absolute Gasteiger partial charge is 0.0398 e. The van der Waals surface area contributed by atoms with Crippen molar-refractivity contribution in [3.8, 4) is 0 Å². The molecule has 0 fully saturated rings. The van der Waals surface area contributed by atoms with Crippen molar-refractivity contribution in [3.05, 3.63) is 34.9 Å². The van der Waals surface area contributed by atoms with Crippen molar-refractivity contribution >= 4 is 0 Å². The normalized spacial score (nSPS) is 10.8. The van der Waals surface area contributed by atoms with Crippen molar-refractivity contribution in [3.63, 3.8) is 0 Å². The lowest BCUT2D eigenvalue weighted by molar-refractivity contribution is 1.34. The molecule has 0 rings (SSSR count). The van der Waals surface area contributed by atoms with Crippen molar-refractivity contribution in [2.24, 2.45) is 0 Å². The maximum absolute atomic E-state index is 2.18. The molecule has 0 bridgehead atoms. The summed E-state index contributed by atoms with van der Waals surface area (Å²) in [6, 6.07) is 0. The van der Waals surface area contributed by atoms with Crippen LogP contribution in [0.3, 0.4) is 0 Å². The van der Waals surface area contributed by atoms with Crippen LogP contribution in [0, 0.1) is 0 Å². The van der Waals surface area contributed by atoms with Crippen LogP contribution in [0.25, 0.3) is 0 Å². The van der Waals surface area contributed by atoms with E-state index in [0.29, 0.717) is 0 Å². The van der Waals surface area contributed by atoms with Gasteiger partial charge in [-0.3, -0.25) is 0 Å². The van der Waals surface area contributed by atoms with Crippen molar-refractivity contribution in [1.29, 1.82) is 0 Å². The number of rotatable bonds is 2. The molecule has 0 aromatic heterocycles. The third-order valence-corrected chi connectivity index (χ3v) is 1.20. The summed E-state index contributed by atoms with van der Waals surface area (Å²) in [5.74, 6) is 0. The summed E-state index contributed by atoms with van der Waals surface area (Å²) < 4.78 is 0. The first-order valence-corrected chi connectivity index (χ1v) is 3.99. The zero-order chi connectivity index (χ0) is 8.85. The molecule has 0 N–H and O–H groups in total. The number of hydrogen-bond donors (Lipinski definition) is 0. The Morgan fingerprint density at radius 3 is 1.64 bits per heavy atom. The van der Waals surface area contributed by atoms with Gasteiger partial charge in [-0.25, -0.2) is 0 Å². The van der Waals surface area contributed by atoms with E-state index in [1.54, 1.807) is 0 Å². The van der Waals surface area contributed by atoms with Gasteiger partial charge in [0.05, 0.1) is 0 Å². The molecule has 0 saturated carbocycles. The van der Waals surface area contributed by atoms with Crippen LogP contribution in [0.5, 0.6) is 0 Å². The first kappa shape index (κ1) is 10.2. The largest absolute Gasteiger partial charge is 0.0764 e. The fourth-order valence-corrected chi connectivity index (χ4v) is 0.802. The maximum Gasteiger partial charge on any atom is -0.0398 e. The van der Waals surface area contributed by atoms with Crippen molar-refractivity contribution in [2.75, 3.05) is 0 Å². The Hall–Kier alpha value is -0.780. The topological polar surface area (TPSA) is 0 Å². The molecule has 0 heteroatoms. The van der Waals surface area contributed by atoms with Gasteiger partial charge in [0.25, 0.3) is 0 Å². The molecule has 0 radical (unpaired) electrons. The zero-order valence-electron chi connectivity index (χ0n) is 8.23. The van der Waals surface area contributed by atoms with Gasteiger partial charge in [-0.1, -0.05) is 34.9 Å². The van der Waals surface area contributed by atoms with E-state index in [2.05, 4.69) is 52.8 Å². The second-order valence-electron chi connectivity index (χ2n) is 3.38. The molecule has 0 aliphatic heterocycles. The van der Waals surface area contributed by atoms with E-state index in [4.69, 9.17) is 0 Å². The molecule has 62 valence electrons. The molecule has 0 aromatic rings. The van der Waals surface area contributed by atoms with Crippen LogP contribution in [0.4, 0.5) is 0 Å². The summed E-state index contributed by atoms with van der Waals surface area (Å²) in [6.07, 6.45) is 6.45. The molecular weight excluding hydrogens is 132 g/mol. The van der Waals surface area contributed by atoms with Crippen LogP contribution in [-0.2, 0) is 0 Å². The minimum Gasteiger partial charge on any atom is -0.0764 e. The van der Waals surface area contributed by atoms with Gasteiger partial charge in [-0.05, 0) is 34.6 Å². The highest BCUT2D eigenvalue weighted by Crippen LogP contribution is 2.01. The molecule has 0 aliphatic carbocycles. The van der Waals surface area contributed by atoms with Gasteiger partial charge in [-0.15, -0.1) is 0 Å². The molecule has 0 heterocycles. The summed E-state index contributed by atoms with van der Waals surface area (Å²) in [5.41, 5.74) is 4.00. The Balaban J connectivity index is 4.25. The Morgan fingerprint density at radius 2 is 1.27 bits per heavy atom. The van der Waals surface area contributed by atoms with E-state index in [1.807, 2.05) is 0 Å². The molecule has 0 aliphatic rings. The maximum atomic E-state index is 2.18. The van der Waals surface area contributed by atoms with Crippen LogP contribution in [0.2, 0.25) is 0 Å². The molecule has 0 atom stereocenters. The second kappa shape index (κ2) is 4.95. The van der Waals surface area contributed by atoms with Crippen molar-refractivity contribution in [2.45, 2.75) is 34.6 Å². The zero-order valence-corrected chi connectivity index (χ0v) is 8.23. The van der Waals surface area contributed by atoms with Crippen LogP contribution in [-0.4, -0.2) is 0 Å². The molecular formula is C11H18. The monoisotopic (exact) mass is 150 g/mol. The number of hydrogen-bond acceptors (Lipinski definition) is 0. The highest BCUT2D eigenvalue weighted by atomic mass is 13.9. The van der Waals surface area contributed by atoms with Gasteiger partial charge < -0.3 is 0 Å². The van der Waals surface area contributed by atoms with E-state index >= 15 is 0 Å². The molecule has 0 saturated heterocycles. The SMILES string of the molecule is CC(C)=CC=C(C)C=C(C)C. The predicted octanol–water partition coefficient (Wildman–Crippen LogP) is 3.87. The van der Waals surface area contributed by atoms with Crippen molar-refractivity contribution < 1.29 is 0 Å². The summed E-state index contributed by atoms with van der Waals surface area (Å²) in [4.78, 5) is 0. The lowest BCUT2D eigenvalue weighted by atomic mass is 10.2. The van der Waals surface area contributed by atoms with Crippen LogP contribution in [0.1, 0.15) is 34.6 Å². The van der Waals surface area contributed by atoms with E-state index < -0.39 is 0 Å².